The lowest BCUT2D eigenvalue weighted by molar-refractivity contribution is -0.149. The number of carbonyl (C=O) groups excluding carboxylic acids is 4. The van der Waals surface area contributed by atoms with Gasteiger partial charge in [0.25, 0.3) is 0 Å². The van der Waals surface area contributed by atoms with E-state index in [9.17, 15) is 29.1 Å². The average Bonchev–Trinajstić information content (AvgIpc) is 3.07. The first-order valence-electron chi connectivity index (χ1n) is 17.5. The van der Waals surface area contributed by atoms with Crippen molar-refractivity contribution in [3.63, 3.8) is 0 Å². The highest BCUT2D eigenvalue weighted by molar-refractivity contribution is 5.95. The minimum absolute atomic E-state index is 0.0601. The molecular weight excluding hydrogens is 622 g/mol. The first-order valence-corrected chi connectivity index (χ1v) is 17.5. The van der Waals surface area contributed by atoms with Gasteiger partial charge in [-0.25, -0.2) is 0 Å². The fraction of sp³-hybridized carbons (Fsp3) is 0.553. The van der Waals surface area contributed by atoms with Gasteiger partial charge in [-0.2, -0.15) is 0 Å². The zero-order chi connectivity index (χ0) is 36.0. The van der Waals surface area contributed by atoms with Crippen LogP contribution in [0.25, 0.3) is 0 Å². The molecule has 4 atom stereocenters. The summed E-state index contributed by atoms with van der Waals surface area (Å²) < 4.78 is 0. The van der Waals surface area contributed by atoms with Crippen LogP contribution < -0.4 is 22.5 Å². The molecule has 3 rings (SSSR count). The molecule has 49 heavy (non-hydrogen) atoms. The number of amides is 2. The van der Waals surface area contributed by atoms with E-state index in [2.05, 4.69) is 5.32 Å². The van der Waals surface area contributed by atoms with E-state index in [0.717, 1.165) is 11.1 Å². The van der Waals surface area contributed by atoms with E-state index in [1.165, 1.54) is 0 Å². The predicted molar refractivity (Wildman–Crippen MR) is 189 cm³/mol. The SMILES string of the molecule is CC(C)C[C@@H](NC(=O)[C@H](CC(=O)[C@H](N)Cc1ccccc1)Cc1ccccc1)C(=O)C[C@H](CCCCN)C(=O)N1CCC(N)(C(=O)O)CC1. The van der Waals surface area contributed by atoms with Gasteiger partial charge in [0, 0.05) is 37.8 Å². The summed E-state index contributed by atoms with van der Waals surface area (Å²) in [5, 5.41) is 12.5. The topological polar surface area (TPSA) is 199 Å². The summed E-state index contributed by atoms with van der Waals surface area (Å²) >= 11 is 0. The number of nitrogens with zero attached hydrogens (tertiary/aromatic N) is 1. The molecule has 0 radical (unpaired) electrons. The van der Waals surface area contributed by atoms with Gasteiger partial charge in [-0.05, 0) is 68.5 Å². The zero-order valence-electron chi connectivity index (χ0n) is 29.0. The molecule has 0 unspecified atom stereocenters. The Labute approximate surface area is 290 Å². The van der Waals surface area contributed by atoms with Crippen molar-refractivity contribution < 1.29 is 29.1 Å². The molecule has 1 fully saturated rings. The summed E-state index contributed by atoms with van der Waals surface area (Å²) in [4.78, 5) is 68.2. The van der Waals surface area contributed by atoms with Gasteiger partial charge in [-0.3, -0.25) is 24.0 Å². The number of hydrogen-bond acceptors (Lipinski definition) is 8. The molecule has 0 spiro atoms. The molecule has 0 bridgehead atoms. The van der Waals surface area contributed by atoms with E-state index >= 15 is 0 Å². The van der Waals surface area contributed by atoms with Crippen molar-refractivity contribution in [2.45, 2.75) is 95.7 Å². The van der Waals surface area contributed by atoms with Crippen LogP contribution in [-0.2, 0) is 36.8 Å². The van der Waals surface area contributed by atoms with E-state index < -0.39 is 41.3 Å². The number of unbranched alkanes of at least 4 members (excludes halogenated alkanes) is 1. The van der Waals surface area contributed by atoms with Gasteiger partial charge in [0.15, 0.2) is 11.6 Å². The summed E-state index contributed by atoms with van der Waals surface area (Å²) in [5.41, 5.74) is 18.5. The summed E-state index contributed by atoms with van der Waals surface area (Å²) in [6.07, 6.45) is 2.90. The van der Waals surface area contributed by atoms with Crippen LogP contribution >= 0.6 is 0 Å². The number of benzene rings is 2. The molecule has 1 saturated heterocycles. The van der Waals surface area contributed by atoms with E-state index in [1.54, 1.807) is 4.90 Å². The molecule has 8 N–H and O–H groups in total. The van der Waals surface area contributed by atoms with Crippen LogP contribution in [0.5, 0.6) is 0 Å². The molecule has 2 amide bonds. The van der Waals surface area contributed by atoms with Crippen LogP contribution in [0.2, 0.25) is 0 Å². The Balaban J connectivity index is 1.77. The third kappa shape index (κ3) is 12.5. The number of carbonyl (C=O) groups is 5. The van der Waals surface area contributed by atoms with Gasteiger partial charge in [-0.1, -0.05) is 80.9 Å². The molecular formula is C38H55N5O6. The van der Waals surface area contributed by atoms with Gasteiger partial charge in [0.1, 0.15) is 5.54 Å². The predicted octanol–water partition coefficient (Wildman–Crippen LogP) is 3.01. The highest BCUT2D eigenvalue weighted by Crippen LogP contribution is 2.25. The fourth-order valence-corrected chi connectivity index (χ4v) is 6.40. The minimum atomic E-state index is -1.38. The smallest absolute Gasteiger partial charge is 0.323 e. The second-order valence-corrected chi connectivity index (χ2v) is 14.0. The molecule has 0 saturated carbocycles. The lowest BCUT2D eigenvalue weighted by Crippen LogP contribution is -2.57. The van der Waals surface area contributed by atoms with Gasteiger partial charge < -0.3 is 32.5 Å². The maximum absolute atomic E-state index is 14.0. The van der Waals surface area contributed by atoms with Crippen molar-refractivity contribution in [3.8, 4) is 0 Å². The number of likely N-dealkylation sites (tertiary alicyclic amines) is 1. The first kappa shape index (κ1) is 39.5. The standard InChI is InChI=1S/C38H55N5O6/c1-26(2)21-32(34(45)24-29(15-9-10-18-39)36(47)43-19-16-38(41,17-20-43)37(48)49)42-35(46)30(22-27-11-5-3-6-12-27)25-33(44)31(40)23-28-13-7-4-8-14-28/h3-8,11-14,26,29-32H,9-10,15-25,39-41H2,1-2H3,(H,42,46)(H,48,49)/t29-,30-,31+,32+/m0/s1. The zero-order valence-corrected chi connectivity index (χ0v) is 29.0. The van der Waals surface area contributed by atoms with Gasteiger partial charge in [0.2, 0.25) is 11.8 Å². The van der Waals surface area contributed by atoms with Crippen LogP contribution in [0.1, 0.15) is 76.3 Å². The monoisotopic (exact) mass is 677 g/mol. The van der Waals surface area contributed by atoms with Crippen LogP contribution in [0.3, 0.4) is 0 Å². The number of aliphatic carboxylic acids is 1. The van der Waals surface area contributed by atoms with Crippen LogP contribution in [0, 0.1) is 17.8 Å². The first-order chi connectivity index (χ1) is 23.3. The van der Waals surface area contributed by atoms with E-state index in [0.29, 0.717) is 45.1 Å². The number of nitrogens with one attached hydrogen (secondary N) is 1. The van der Waals surface area contributed by atoms with Gasteiger partial charge >= 0.3 is 5.97 Å². The molecule has 2 aromatic carbocycles. The highest BCUT2D eigenvalue weighted by atomic mass is 16.4. The molecule has 268 valence electrons. The molecule has 1 heterocycles. The molecule has 11 nitrogen and oxygen atoms in total. The maximum Gasteiger partial charge on any atom is 0.323 e. The number of rotatable bonds is 20. The van der Waals surface area contributed by atoms with E-state index in [4.69, 9.17) is 17.2 Å². The van der Waals surface area contributed by atoms with Crippen LogP contribution in [0.4, 0.5) is 0 Å². The van der Waals surface area contributed by atoms with Crippen molar-refractivity contribution in [1.82, 2.24) is 10.2 Å². The lowest BCUT2D eigenvalue weighted by atomic mass is 9.86. The summed E-state index contributed by atoms with van der Waals surface area (Å²) in [7, 11) is 0. The molecule has 11 heteroatoms. The Morgan fingerprint density at radius 1 is 0.837 bits per heavy atom. The van der Waals surface area contributed by atoms with Crippen molar-refractivity contribution in [2.24, 2.45) is 35.0 Å². The third-order valence-corrected chi connectivity index (χ3v) is 9.46. The van der Waals surface area contributed by atoms with Crippen molar-refractivity contribution in [1.29, 1.82) is 0 Å². The highest BCUT2D eigenvalue weighted by Gasteiger charge is 2.40. The second kappa shape index (κ2) is 19.3. The number of hydrogen-bond donors (Lipinski definition) is 5. The summed E-state index contributed by atoms with van der Waals surface area (Å²) in [6.45, 7) is 4.75. The van der Waals surface area contributed by atoms with Crippen molar-refractivity contribution >= 4 is 29.4 Å². The quantitative estimate of drug-likeness (QED) is 0.131. The normalized spacial score (nSPS) is 16.7. The molecule has 0 aromatic heterocycles. The Kier molecular flexibility index (Phi) is 15.6. The largest absolute Gasteiger partial charge is 0.480 e. The van der Waals surface area contributed by atoms with E-state index in [1.807, 2.05) is 74.5 Å². The van der Waals surface area contributed by atoms with Crippen LogP contribution in [-0.4, -0.2) is 76.6 Å². The second-order valence-electron chi connectivity index (χ2n) is 14.0. The Morgan fingerprint density at radius 2 is 1.39 bits per heavy atom. The number of piperidine rings is 1. The van der Waals surface area contributed by atoms with E-state index in [-0.39, 0.29) is 62.2 Å². The Hall–Kier alpha value is -3.93. The van der Waals surface area contributed by atoms with Crippen molar-refractivity contribution in [3.05, 3.63) is 71.8 Å². The molecule has 1 aliphatic rings. The van der Waals surface area contributed by atoms with Gasteiger partial charge in [-0.15, -0.1) is 0 Å². The summed E-state index contributed by atoms with van der Waals surface area (Å²) in [5.74, 6) is -3.53. The Morgan fingerprint density at radius 3 is 1.92 bits per heavy atom. The molecule has 0 aliphatic carbocycles. The fourth-order valence-electron chi connectivity index (χ4n) is 6.40. The number of Topliss-reactive ketones (excluding diaryl/α,β-unsaturated/α-hetero) is 2. The van der Waals surface area contributed by atoms with Crippen LogP contribution in [0.15, 0.2) is 60.7 Å². The number of carboxylic acids is 1. The molecule has 2 aromatic rings. The average molecular weight is 678 g/mol. The number of ketones is 2. The van der Waals surface area contributed by atoms with Gasteiger partial charge in [0.05, 0.1) is 12.1 Å². The maximum atomic E-state index is 14.0. The Bertz CT molecular complexity index is 1380. The number of nitrogens with two attached hydrogens (primary N) is 3. The van der Waals surface area contributed by atoms with Crippen molar-refractivity contribution in [2.75, 3.05) is 19.6 Å². The minimum Gasteiger partial charge on any atom is -0.480 e. The third-order valence-electron chi connectivity index (χ3n) is 9.46. The number of carboxylic acid groups (broad SMARTS) is 1. The molecule has 1 aliphatic heterocycles. The summed E-state index contributed by atoms with van der Waals surface area (Å²) in [6, 6.07) is 17.3. The lowest BCUT2D eigenvalue weighted by Gasteiger charge is -2.38.